The third kappa shape index (κ3) is 9.69. The lowest BCUT2D eigenvalue weighted by atomic mass is 9.92. The lowest BCUT2D eigenvalue weighted by Crippen LogP contribution is -2.33. The summed E-state index contributed by atoms with van der Waals surface area (Å²) < 4.78 is 53.4. The standard InChI is InChI=1S/C28H32ClF3N4O6/c29-27-33-26(36(38)39)18-35(27)16-13-22(37)19-41-24-5-3-21(4-6-24)34-14-11-20(12-15-34)2-1-17-40-23-7-9-25(10-8-23)42-28(30,31)32/h3-10,18,20,22,37H,1-2,11-17,19H2/t22-/m1/s1. The van der Waals surface area contributed by atoms with Gasteiger partial charge in [0.1, 0.15) is 30.1 Å². The van der Waals surface area contributed by atoms with Crippen molar-refractivity contribution in [2.45, 2.75) is 51.1 Å². The van der Waals surface area contributed by atoms with Gasteiger partial charge in [-0.2, -0.15) is 0 Å². The van der Waals surface area contributed by atoms with Gasteiger partial charge in [0.05, 0.1) is 12.7 Å². The van der Waals surface area contributed by atoms with Crippen LogP contribution in [0.2, 0.25) is 5.28 Å². The smallest absolute Gasteiger partial charge is 0.494 e. The minimum Gasteiger partial charge on any atom is -0.494 e. The first-order chi connectivity index (χ1) is 20.1. The van der Waals surface area contributed by atoms with Crippen molar-refractivity contribution in [2.75, 3.05) is 31.2 Å². The van der Waals surface area contributed by atoms with Gasteiger partial charge < -0.3 is 34.3 Å². The third-order valence-electron chi connectivity index (χ3n) is 6.95. The van der Waals surface area contributed by atoms with Crippen molar-refractivity contribution in [1.82, 2.24) is 9.55 Å². The molecule has 0 bridgehead atoms. The number of nitro groups is 1. The number of halogens is 4. The van der Waals surface area contributed by atoms with E-state index in [9.17, 15) is 28.4 Å². The van der Waals surface area contributed by atoms with Crippen LogP contribution in [0.25, 0.3) is 0 Å². The number of piperidine rings is 1. The van der Waals surface area contributed by atoms with Crippen molar-refractivity contribution in [2.24, 2.45) is 5.92 Å². The number of benzene rings is 2. The lowest BCUT2D eigenvalue weighted by molar-refractivity contribution is -0.389. The molecule has 4 rings (SSSR count). The zero-order valence-corrected chi connectivity index (χ0v) is 23.5. The van der Waals surface area contributed by atoms with Crippen LogP contribution >= 0.6 is 11.6 Å². The lowest BCUT2D eigenvalue weighted by Gasteiger charge is -2.33. The van der Waals surface area contributed by atoms with Gasteiger partial charge in [-0.15, -0.1) is 13.2 Å². The average molecular weight is 613 g/mol. The van der Waals surface area contributed by atoms with Crippen molar-refractivity contribution in [3.8, 4) is 17.2 Å². The van der Waals surface area contributed by atoms with E-state index in [0.717, 1.165) is 44.5 Å². The number of aryl methyl sites for hydroxylation is 1. The first-order valence-electron chi connectivity index (χ1n) is 13.6. The SMILES string of the molecule is O=[N+]([O-])c1cn(CC[C@@H](O)COc2ccc(N3CCC(CCCOc4ccc(OC(F)(F)F)cc4)CC3)cc2)c(Cl)n1. The molecule has 0 unspecified atom stereocenters. The van der Waals surface area contributed by atoms with Crippen molar-refractivity contribution >= 4 is 23.1 Å². The molecule has 42 heavy (non-hydrogen) atoms. The fraction of sp³-hybridized carbons (Fsp3) is 0.464. The summed E-state index contributed by atoms with van der Waals surface area (Å²) in [5.41, 5.74) is 1.10. The van der Waals surface area contributed by atoms with Crippen LogP contribution in [-0.2, 0) is 6.54 Å². The molecule has 0 radical (unpaired) electrons. The van der Waals surface area contributed by atoms with Gasteiger partial charge in [0, 0.05) is 25.3 Å². The average Bonchev–Trinajstić information content (AvgIpc) is 3.34. The Kier molecular flexibility index (Phi) is 10.7. The summed E-state index contributed by atoms with van der Waals surface area (Å²) in [5, 5.41) is 21.0. The molecule has 1 aliphatic rings. The van der Waals surface area contributed by atoms with E-state index in [2.05, 4.69) is 14.6 Å². The highest BCUT2D eigenvalue weighted by Gasteiger charge is 2.31. The van der Waals surface area contributed by atoms with Crippen molar-refractivity contribution in [3.63, 3.8) is 0 Å². The maximum absolute atomic E-state index is 12.3. The molecule has 2 aromatic carbocycles. The molecule has 228 valence electrons. The molecule has 0 saturated carbocycles. The van der Waals surface area contributed by atoms with Crippen LogP contribution in [0.15, 0.2) is 54.7 Å². The number of hydrogen-bond acceptors (Lipinski definition) is 8. The number of imidazole rings is 1. The molecule has 0 spiro atoms. The van der Waals surface area contributed by atoms with Gasteiger partial charge in [0.2, 0.25) is 0 Å². The number of aliphatic hydroxyl groups excluding tert-OH is 1. The molecule has 1 atom stereocenters. The predicted octanol–water partition coefficient (Wildman–Crippen LogP) is 6.25. The number of nitrogens with zero attached hydrogens (tertiary/aromatic N) is 4. The first kappa shape index (κ1) is 31.2. The van der Waals surface area contributed by atoms with E-state index in [0.29, 0.717) is 30.4 Å². The molecule has 1 saturated heterocycles. The molecule has 10 nitrogen and oxygen atoms in total. The van der Waals surface area contributed by atoms with Crippen molar-refractivity contribution < 1.29 is 37.4 Å². The second-order valence-electron chi connectivity index (χ2n) is 10.0. The molecule has 0 aliphatic carbocycles. The van der Waals surface area contributed by atoms with E-state index in [-0.39, 0.29) is 30.0 Å². The van der Waals surface area contributed by atoms with Crippen LogP contribution in [0.3, 0.4) is 0 Å². The molecule has 1 aliphatic heterocycles. The Morgan fingerprint density at radius 3 is 2.29 bits per heavy atom. The number of rotatable bonds is 14. The summed E-state index contributed by atoms with van der Waals surface area (Å²) in [6, 6.07) is 13.1. The number of hydrogen-bond donors (Lipinski definition) is 1. The molecule has 1 N–H and O–H groups in total. The topological polar surface area (TPSA) is 112 Å². The molecular formula is C28H32ClF3N4O6. The van der Waals surface area contributed by atoms with Crippen LogP contribution < -0.4 is 19.1 Å². The van der Waals surface area contributed by atoms with Crippen molar-refractivity contribution in [1.29, 1.82) is 0 Å². The molecule has 1 aromatic heterocycles. The van der Waals surface area contributed by atoms with Crippen LogP contribution in [0.4, 0.5) is 24.7 Å². The van der Waals surface area contributed by atoms with Gasteiger partial charge >= 0.3 is 17.5 Å². The summed E-state index contributed by atoms with van der Waals surface area (Å²) >= 11 is 5.90. The number of aliphatic hydroxyl groups is 1. The van der Waals surface area contributed by atoms with E-state index in [1.807, 2.05) is 24.3 Å². The Morgan fingerprint density at radius 1 is 1.05 bits per heavy atom. The second-order valence-corrected chi connectivity index (χ2v) is 10.3. The van der Waals surface area contributed by atoms with Crippen LogP contribution in [0, 0.1) is 16.0 Å². The van der Waals surface area contributed by atoms with E-state index >= 15 is 0 Å². The van der Waals surface area contributed by atoms with Gasteiger partial charge in [-0.1, -0.05) is 0 Å². The largest absolute Gasteiger partial charge is 0.573 e. The van der Waals surface area contributed by atoms with E-state index < -0.39 is 17.4 Å². The normalized spacial score (nSPS) is 14.9. The van der Waals surface area contributed by atoms with E-state index in [1.54, 1.807) is 0 Å². The molecular weight excluding hydrogens is 581 g/mol. The highest BCUT2D eigenvalue weighted by atomic mass is 35.5. The molecule has 0 amide bonds. The van der Waals surface area contributed by atoms with Crippen LogP contribution in [0.1, 0.15) is 32.1 Å². The number of alkyl halides is 3. The highest BCUT2D eigenvalue weighted by molar-refractivity contribution is 6.28. The van der Waals surface area contributed by atoms with Gasteiger partial charge in [-0.25, -0.2) is 0 Å². The van der Waals surface area contributed by atoms with E-state index in [4.69, 9.17) is 21.1 Å². The first-order valence-corrected chi connectivity index (χ1v) is 13.9. The highest BCUT2D eigenvalue weighted by Crippen LogP contribution is 2.28. The number of aromatic nitrogens is 2. The summed E-state index contributed by atoms with van der Waals surface area (Å²) in [5.74, 6) is 1.11. The monoisotopic (exact) mass is 612 g/mol. The van der Waals surface area contributed by atoms with Gasteiger partial charge in [-0.3, -0.25) is 4.57 Å². The Morgan fingerprint density at radius 2 is 1.67 bits per heavy atom. The minimum atomic E-state index is -4.71. The Balaban J connectivity index is 1.10. The summed E-state index contributed by atoms with van der Waals surface area (Å²) in [7, 11) is 0. The predicted molar refractivity (Wildman–Crippen MR) is 149 cm³/mol. The Bertz CT molecular complexity index is 1280. The van der Waals surface area contributed by atoms with Gasteiger partial charge in [0.15, 0.2) is 0 Å². The molecule has 2 heterocycles. The molecule has 14 heteroatoms. The summed E-state index contributed by atoms with van der Waals surface area (Å²) in [6.45, 7) is 2.70. The molecule has 1 fully saturated rings. The zero-order chi connectivity index (χ0) is 30.1. The fourth-order valence-corrected chi connectivity index (χ4v) is 4.94. The van der Waals surface area contributed by atoms with Crippen LogP contribution in [0.5, 0.6) is 17.2 Å². The van der Waals surface area contributed by atoms with Crippen LogP contribution in [-0.4, -0.2) is 58.4 Å². The maximum atomic E-state index is 12.3. The van der Waals surface area contributed by atoms with E-state index in [1.165, 1.54) is 35.0 Å². The Labute approximate surface area is 245 Å². The maximum Gasteiger partial charge on any atom is 0.573 e. The van der Waals surface area contributed by atoms with Crippen molar-refractivity contribution in [3.05, 3.63) is 70.1 Å². The Hall–Kier alpha value is -3.71. The summed E-state index contributed by atoms with van der Waals surface area (Å²) in [6.07, 6.45) is 0.0110. The quantitative estimate of drug-likeness (QED) is 0.129. The summed E-state index contributed by atoms with van der Waals surface area (Å²) in [4.78, 5) is 16.1. The zero-order valence-electron chi connectivity index (χ0n) is 22.7. The van der Waals surface area contributed by atoms with Gasteiger partial charge in [-0.05, 0) is 108 Å². The molecule has 3 aromatic rings. The second kappa shape index (κ2) is 14.5. The fourth-order valence-electron chi connectivity index (χ4n) is 4.72. The number of ether oxygens (including phenoxy) is 3. The third-order valence-corrected chi connectivity index (χ3v) is 7.25. The minimum absolute atomic E-state index is 0.00544. The van der Waals surface area contributed by atoms with Gasteiger partial charge in [0.25, 0.3) is 0 Å². The number of anilines is 1.